The van der Waals surface area contributed by atoms with Crippen molar-refractivity contribution in [1.82, 2.24) is 4.98 Å². The number of fused-ring (bicyclic) bond motifs is 1. The Morgan fingerprint density at radius 2 is 2.11 bits per heavy atom. The molecule has 18 heavy (non-hydrogen) atoms. The predicted octanol–water partition coefficient (Wildman–Crippen LogP) is 2.09. The van der Waals surface area contributed by atoms with Gasteiger partial charge in [-0.3, -0.25) is 0 Å². The lowest BCUT2D eigenvalue weighted by Gasteiger charge is -2.31. The zero-order chi connectivity index (χ0) is 12.4. The highest BCUT2D eigenvalue weighted by atomic mass is 16.5. The maximum absolute atomic E-state index is 10.3. The van der Waals surface area contributed by atoms with Gasteiger partial charge in [0.05, 0.1) is 0 Å². The monoisotopic (exact) mass is 247 g/mol. The number of nitrogens with one attached hydrogen (secondary N) is 1. The van der Waals surface area contributed by atoms with Crippen LogP contribution in [0.4, 0.5) is 0 Å². The van der Waals surface area contributed by atoms with Crippen molar-refractivity contribution in [2.24, 2.45) is 0 Å². The summed E-state index contributed by atoms with van der Waals surface area (Å²) in [6, 6.07) is 7.87. The fourth-order valence-corrected chi connectivity index (χ4v) is 2.29. The van der Waals surface area contributed by atoms with Crippen LogP contribution in [0.15, 0.2) is 30.5 Å². The summed E-state index contributed by atoms with van der Waals surface area (Å²) in [5.41, 5.74) is 0.294. The van der Waals surface area contributed by atoms with E-state index in [1.54, 1.807) is 0 Å². The van der Waals surface area contributed by atoms with Gasteiger partial charge in [-0.05, 0) is 18.2 Å². The van der Waals surface area contributed by atoms with Crippen LogP contribution in [0.5, 0.6) is 5.75 Å². The predicted molar refractivity (Wildman–Crippen MR) is 68.8 cm³/mol. The van der Waals surface area contributed by atoms with Crippen molar-refractivity contribution in [2.75, 3.05) is 19.8 Å². The summed E-state index contributed by atoms with van der Waals surface area (Å²) in [4.78, 5) is 3.14. The first-order valence-electron chi connectivity index (χ1n) is 6.26. The maximum Gasteiger partial charge on any atom is 0.128 e. The minimum absolute atomic E-state index is 0.320. The summed E-state index contributed by atoms with van der Waals surface area (Å²) in [5.74, 6) is 0.814. The first-order chi connectivity index (χ1) is 8.77. The van der Waals surface area contributed by atoms with E-state index in [4.69, 9.17) is 9.47 Å². The summed E-state index contributed by atoms with van der Waals surface area (Å²) in [7, 11) is 0. The lowest BCUT2D eigenvalue weighted by molar-refractivity contribution is -0.0853. The van der Waals surface area contributed by atoms with Gasteiger partial charge in [-0.2, -0.15) is 0 Å². The Labute approximate surface area is 106 Å². The number of H-pyrrole nitrogens is 1. The highest BCUT2D eigenvalue weighted by Gasteiger charge is 2.30. The molecule has 2 aromatic rings. The van der Waals surface area contributed by atoms with E-state index in [2.05, 4.69) is 4.98 Å². The molecule has 0 radical (unpaired) electrons. The van der Waals surface area contributed by atoms with Crippen LogP contribution in [-0.2, 0) is 4.74 Å². The van der Waals surface area contributed by atoms with Gasteiger partial charge >= 0.3 is 0 Å². The van der Waals surface area contributed by atoms with Crippen molar-refractivity contribution in [3.8, 4) is 5.75 Å². The van der Waals surface area contributed by atoms with Gasteiger partial charge in [-0.15, -0.1) is 0 Å². The van der Waals surface area contributed by atoms with Crippen LogP contribution in [0, 0.1) is 0 Å². The van der Waals surface area contributed by atoms with Crippen molar-refractivity contribution < 1.29 is 14.6 Å². The van der Waals surface area contributed by atoms with Crippen molar-refractivity contribution in [3.05, 3.63) is 30.5 Å². The van der Waals surface area contributed by atoms with E-state index >= 15 is 0 Å². The SMILES string of the molecule is OC1(COc2cccc3[nH]ccc23)CCOCC1. The van der Waals surface area contributed by atoms with E-state index in [0.29, 0.717) is 32.7 Å². The molecule has 1 aromatic carbocycles. The molecule has 1 saturated heterocycles. The van der Waals surface area contributed by atoms with Crippen molar-refractivity contribution in [2.45, 2.75) is 18.4 Å². The van der Waals surface area contributed by atoms with E-state index in [-0.39, 0.29) is 0 Å². The molecule has 4 nitrogen and oxygen atoms in total. The topological polar surface area (TPSA) is 54.5 Å². The largest absolute Gasteiger partial charge is 0.490 e. The Morgan fingerprint density at radius 3 is 2.94 bits per heavy atom. The number of aromatic nitrogens is 1. The molecule has 96 valence electrons. The standard InChI is InChI=1S/C14H17NO3/c16-14(5-8-17-9-6-14)10-18-13-3-1-2-12-11(13)4-7-15-12/h1-4,7,15-16H,5-6,8-10H2. The second-order valence-corrected chi connectivity index (χ2v) is 4.82. The lowest BCUT2D eigenvalue weighted by Crippen LogP contribution is -2.41. The highest BCUT2D eigenvalue weighted by Crippen LogP contribution is 2.27. The number of rotatable bonds is 3. The number of hydrogen-bond acceptors (Lipinski definition) is 3. The molecule has 0 aliphatic carbocycles. The number of hydrogen-bond donors (Lipinski definition) is 2. The molecule has 0 atom stereocenters. The summed E-state index contributed by atoms with van der Waals surface area (Å²) in [5, 5.41) is 11.4. The third-order valence-corrected chi connectivity index (χ3v) is 3.47. The van der Waals surface area contributed by atoms with Crippen LogP contribution >= 0.6 is 0 Å². The molecule has 3 rings (SSSR count). The average Bonchev–Trinajstić information content (AvgIpc) is 2.86. The number of aromatic amines is 1. The Morgan fingerprint density at radius 1 is 1.28 bits per heavy atom. The van der Waals surface area contributed by atoms with Crippen molar-refractivity contribution in [3.63, 3.8) is 0 Å². The summed E-state index contributed by atoms with van der Waals surface area (Å²) in [6.45, 7) is 1.53. The molecule has 0 unspecified atom stereocenters. The van der Waals surface area contributed by atoms with Gasteiger partial charge in [0.25, 0.3) is 0 Å². The second-order valence-electron chi connectivity index (χ2n) is 4.82. The van der Waals surface area contributed by atoms with Crippen LogP contribution in [0.25, 0.3) is 10.9 Å². The molecule has 1 aromatic heterocycles. The van der Waals surface area contributed by atoms with Gasteiger partial charge in [0, 0.05) is 43.2 Å². The second kappa shape index (κ2) is 4.63. The van der Waals surface area contributed by atoms with Crippen LogP contribution in [-0.4, -0.2) is 35.5 Å². The Kier molecular flexibility index (Phi) is 2.97. The van der Waals surface area contributed by atoms with Crippen molar-refractivity contribution >= 4 is 10.9 Å². The molecule has 0 spiro atoms. The third kappa shape index (κ3) is 2.21. The zero-order valence-electron chi connectivity index (χ0n) is 10.2. The van der Waals surface area contributed by atoms with Crippen LogP contribution in [0.3, 0.4) is 0 Å². The van der Waals surface area contributed by atoms with Gasteiger partial charge in [-0.25, -0.2) is 0 Å². The molecule has 2 heterocycles. The van der Waals surface area contributed by atoms with Crippen LogP contribution in [0.2, 0.25) is 0 Å². The minimum Gasteiger partial charge on any atom is -0.490 e. The smallest absolute Gasteiger partial charge is 0.128 e. The normalized spacial score (nSPS) is 18.9. The van der Waals surface area contributed by atoms with E-state index in [9.17, 15) is 5.11 Å². The van der Waals surface area contributed by atoms with Crippen LogP contribution < -0.4 is 4.74 Å². The zero-order valence-corrected chi connectivity index (χ0v) is 10.2. The lowest BCUT2D eigenvalue weighted by atomic mass is 9.96. The quantitative estimate of drug-likeness (QED) is 0.873. The number of ether oxygens (including phenoxy) is 2. The van der Waals surface area contributed by atoms with Crippen molar-refractivity contribution in [1.29, 1.82) is 0 Å². The molecule has 0 amide bonds. The Balaban J connectivity index is 1.74. The first-order valence-corrected chi connectivity index (χ1v) is 6.26. The van der Waals surface area contributed by atoms with E-state index < -0.39 is 5.60 Å². The molecule has 4 heteroatoms. The minimum atomic E-state index is -0.753. The van der Waals surface area contributed by atoms with Gasteiger partial charge in [0.2, 0.25) is 0 Å². The van der Waals surface area contributed by atoms with E-state index in [1.165, 1.54) is 0 Å². The maximum atomic E-state index is 10.3. The fourth-order valence-electron chi connectivity index (χ4n) is 2.29. The molecular weight excluding hydrogens is 230 g/mol. The van der Waals surface area contributed by atoms with Gasteiger partial charge < -0.3 is 19.6 Å². The Bertz CT molecular complexity index is 529. The van der Waals surface area contributed by atoms with E-state index in [0.717, 1.165) is 16.7 Å². The van der Waals surface area contributed by atoms with E-state index in [1.807, 2.05) is 30.5 Å². The number of benzene rings is 1. The summed E-state index contributed by atoms with van der Waals surface area (Å²) in [6.07, 6.45) is 3.16. The molecule has 0 bridgehead atoms. The van der Waals surface area contributed by atoms with Gasteiger partial charge in [-0.1, -0.05) is 6.07 Å². The fraction of sp³-hybridized carbons (Fsp3) is 0.429. The molecular formula is C14H17NO3. The average molecular weight is 247 g/mol. The number of aliphatic hydroxyl groups is 1. The molecule has 1 aliphatic rings. The van der Waals surface area contributed by atoms with Crippen LogP contribution in [0.1, 0.15) is 12.8 Å². The van der Waals surface area contributed by atoms with Gasteiger partial charge in [0.15, 0.2) is 0 Å². The Hall–Kier alpha value is -1.52. The molecule has 2 N–H and O–H groups in total. The summed E-state index contributed by atoms with van der Waals surface area (Å²) >= 11 is 0. The van der Waals surface area contributed by atoms with Gasteiger partial charge in [0.1, 0.15) is 18.0 Å². The first kappa shape index (κ1) is 11.6. The molecule has 0 saturated carbocycles. The highest BCUT2D eigenvalue weighted by molar-refractivity contribution is 5.85. The molecule has 1 fully saturated rings. The third-order valence-electron chi connectivity index (χ3n) is 3.47. The molecule has 1 aliphatic heterocycles. The summed E-state index contributed by atoms with van der Waals surface area (Å²) < 4.78 is 11.0.